The third-order valence-corrected chi connectivity index (χ3v) is 4.82. The fourth-order valence-electron chi connectivity index (χ4n) is 2.39. The summed E-state index contributed by atoms with van der Waals surface area (Å²) in [4.78, 5) is 24.2. The minimum atomic E-state index is -0.411. The lowest BCUT2D eigenvalue weighted by Gasteiger charge is -2.14. The molecule has 2 rings (SSSR count). The Bertz CT molecular complexity index is 933. The Hall–Kier alpha value is -3.20. The van der Waals surface area contributed by atoms with Crippen LogP contribution >= 0.6 is 15.9 Å². The Balaban J connectivity index is 1.77. The second-order valence-corrected chi connectivity index (χ2v) is 7.12. The van der Waals surface area contributed by atoms with Crippen LogP contribution in [0.4, 0.5) is 5.69 Å². The SMILES string of the molecule is C=C(CC(=O)Nc1cc(OC)ccc1OC)NNC(=O)COc1ccc(Br)c(C)c1. The molecule has 2 aromatic rings. The number of carbonyl (C=O) groups excluding carboxylic acids is 2. The van der Waals surface area contributed by atoms with Gasteiger partial charge in [-0.1, -0.05) is 22.5 Å². The highest BCUT2D eigenvalue weighted by atomic mass is 79.9. The van der Waals surface area contributed by atoms with Gasteiger partial charge in [-0.3, -0.25) is 15.0 Å². The first-order valence-corrected chi connectivity index (χ1v) is 9.75. The lowest BCUT2D eigenvalue weighted by Crippen LogP contribution is -2.40. The molecule has 0 spiro atoms. The number of benzene rings is 2. The number of methoxy groups -OCH3 is 2. The summed E-state index contributed by atoms with van der Waals surface area (Å²) < 4.78 is 16.8. The molecule has 0 radical (unpaired) electrons. The van der Waals surface area contributed by atoms with E-state index in [1.54, 1.807) is 24.3 Å². The van der Waals surface area contributed by atoms with E-state index in [0.717, 1.165) is 10.0 Å². The number of hydrogen-bond donors (Lipinski definition) is 3. The topological polar surface area (TPSA) is 97.9 Å². The number of ether oxygens (including phenoxy) is 3. The van der Waals surface area contributed by atoms with Gasteiger partial charge in [0.1, 0.15) is 17.2 Å². The molecule has 0 heterocycles. The molecular formula is C21H24BrN3O5. The highest BCUT2D eigenvalue weighted by Crippen LogP contribution is 2.29. The van der Waals surface area contributed by atoms with E-state index in [2.05, 4.69) is 38.7 Å². The van der Waals surface area contributed by atoms with Crippen molar-refractivity contribution < 1.29 is 23.8 Å². The number of nitrogens with one attached hydrogen (secondary N) is 3. The van der Waals surface area contributed by atoms with E-state index in [4.69, 9.17) is 14.2 Å². The van der Waals surface area contributed by atoms with E-state index < -0.39 is 5.91 Å². The molecule has 0 aliphatic heterocycles. The molecular weight excluding hydrogens is 454 g/mol. The van der Waals surface area contributed by atoms with Crippen LogP contribution in [0.3, 0.4) is 0 Å². The van der Waals surface area contributed by atoms with Gasteiger partial charge in [0.25, 0.3) is 5.91 Å². The quantitative estimate of drug-likeness (QED) is 0.454. The number of rotatable bonds is 10. The van der Waals surface area contributed by atoms with E-state index >= 15 is 0 Å². The van der Waals surface area contributed by atoms with Crippen LogP contribution < -0.4 is 30.4 Å². The number of halogens is 1. The zero-order valence-electron chi connectivity index (χ0n) is 17.0. The maximum absolute atomic E-state index is 12.3. The molecule has 0 aliphatic carbocycles. The molecule has 0 fully saturated rings. The van der Waals surface area contributed by atoms with Gasteiger partial charge in [0.15, 0.2) is 6.61 Å². The summed E-state index contributed by atoms with van der Waals surface area (Å²) in [5, 5.41) is 2.73. The third-order valence-electron chi connectivity index (χ3n) is 3.93. The highest BCUT2D eigenvalue weighted by Gasteiger charge is 2.11. The van der Waals surface area contributed by atoms with Crippen LogP contribution in [0.1, 0.15) is 12.0 Å². The van der Waals surface area contributed by atoms with Crippen molar-refractivity contribution in [1.29, 1.82) is 0 Å². The summed E-state index contributed by atoms with van der Waals surface area (Å²) >= 11 is 3.41. The lowest BCUT2D eigenvalue weighted by atomic mass is 10.2. The van der Waals surface area contributed by atoms with Gasteiger partial charge >= 0.3 is 0 Å². The lowest BCUT2D eigenvalue weighted by molar-refractivity contribution is -0.124. The van der Waals surface area contributed by atoms with Gasteiger partial charge in [0.2, 0.25) is 5.91 Å². The minimum absolute atomic E-state index is 0.0621. The molecule has 2 aromatic carbocycles. The van der Waals surface area contributed by atoms with Gasteiger partial charge < -0.3 is 25.0 Å². The molecule has 0 atom stereocenters. The van der Waals surface area contributed by atoms with Crippen LogP contribution in [0.25, 0.3) is 0 Å². The maximum Gasteiger partial charge on any atom is 0.276 e. The summed E-state index contributed by atoms with van der Waals surface area (Å²) in [5.41, 5.74) is 6.83. The van der Waals surface area contributed by atoms with E-state index in [1.165, 1.54) is 14.2 Å². The molecule has 0 saturated heterocycles. The Kier molecular flexibility index (Phi) is 8.54. The zero-order valence-corrected chi connectivity index (χ0v) is 18.6. The predicted molar refractivity (Wildman–Crippen MR) is 118 cm³/mol. The van der Waals surface area contributed by atoms with E-state index in [0.29, 0.717) is 28.6 Å². The zero-order chi connectivity index (χ0) is 22.1. The molecule has 9 heteroatoms. The van der Waals surface area contributed by atoms with Crippen LogP contribution in [0.2, 0.25) is 0 Å². The Labute approximate surface area is 183 Å². The summed E-state index contributed by atoms with van der Waals surface area (Å²) in [5.74, 6) is 0.908. The van der Waals surface area contributed by atoms with Crippen LogP contribution in [-0.2, 0) is 9.59 Å². The Morgan fingerprint density at radius 3 is 2.40 bits per heavy atom. The number of amides is 2. The second kappa shape index (κ2) is 11.1. The monoisotopic (exact) mass is 477 g/mol. The molecule has 3 N–H and O–H groups in total. The smallest absolute Gasteiger partial charge is 0.276 e. The normalized spacial score (nSPS) is 10.0. The van der Waals surface area contributed by atoms with Crippen molar-refractivity contribution in [1.82, 2.24) is 10.9 Å². The van der Waals surface area contributed by atoms with Crippen molar-refractivity contribution in [2.75, 3.05) is 26.1 Å². The molecule has 30 heavy (non-hydrogen) atoms. The van der Waals surface area contributed by atoms with Crippen molar-refractivity contribution in [3.63, 3.8) is 0 Å². The van der Waals surface area contributed by atoms with Gasteiger partial charge in [0.05, 0.1) is 26.3 Å². The standard InChI is InChI=1S/C21H24BrN3O5/c1-13-9-16(5-7-17(13)22)30-12-21(27)25-24-14(2)10-20(26)23-18-11-15(28-3)6-8-19(18)29-4/h5-9,11,24H,2,10,12H2,1,3-4H3,(H,23,26)(H,25,27). The largest absolute Gasteiger partial charge is 0.497 e. The second-order valence-electron chi connectivity index (χ2n) is 6.27. The number of hydrogen-bond acceptors (Lipinski definition) is 6. The Morgan fingerprint density at radius 2 is 1.73 bits per heavy atom. The van der Waals surface area contributed by atoms with Crippen molar-refractivity contribution in [3.05, 3.63) is 58.7 Å². The summed E-state index contributed by atoms with van der Waals surface area (Å²) in [6.45, 7) is 5.47. The van der Waals surface area contributed by atoms with Gasteiger partial charge in [-0.25, -0.2) is 0 Å². The van der Waals surface area contributed by atoms with Gasteiger partial charge in [-0.05, 0) is 42.8 Å². The first-order valence-electron chi connectivity index (χ1n) is 8.96. The van der Waals surface area contributed by atoms with E-state index in [1.807, 2.05) is 19.1 Å². The maximum atomic E-state index is 12.3. The summed E-state index contributed by atoms with van der Waals surface area (Å²) in [6, 6.07) is 10.5. The first kappa shape index (κ1) is 23.1. The number of hydrazine groups is 1. The fourth-order valence-corrected chi connectivity index (χ4v) is 2.64. The number of carbonyl (C=O) groups is 2. The number of aryl methyl sites for hydroxylation is 1. The van der Waals surface area contributed by atoms with Crippen LogP contribution in [0, 0.1) is 6.92 Å². The predicted octanol–water partition coefficient (Wildman–Crippen LogP) is 3.32. The molecule has 0 aliphatic rings. The van der Waals surface area contributed by atoms with Crippen LogP contribution in [0.15, 0.2) is 53.1 Å². The highest BCUT2D eigenvalue weighted by molar-refractivity contribution is 9.10. The molecule has 0 bridgehead atoms. The van der Waals surface area contributed by atoms with Crippen molar-refractivity contribution in [3.8, 4) is 17.2 Å². The fraction of sp³-hybridized carbons (Fsp3) is 0.238. The van der Waals surface area contributed by atoms with E-state index in [9.17, 15) is 9.59 Å². The third kappa shape index (κ3) is 7.00. The molecule has 160 valence electrons. The van der Waals surface area contributed by atoms with Gasteiger partial charge in [-0.15, -0.1) is 0 Å². The van der Waals surface area contributed by atoms with Gasteiger partial charge in [0, 0.05) is 16.2 Å². The Morgan fingerprint density at radius 1 is 1.00 bits per heavy atom. The average Bonchev–Trinajstić information content (AvgIpc) is 2.72. The van der Waals surface area contributed by atoms with Gasteiger partial charge in [-0.2, -0.15) is 0 Å². The molecule has 0 aromatic heterocycles. The number of anilines is 1. The summed E-state index contributed by atoms with van der Waals surface area (Å²) in [6.07, 6.45) is -0.0621. The van der Waals surface area contributed by atoms with Crippen LogP contribution in [-0.4, -0.2) is 32.6 Å². The average molecular weight is 478 g/mol. The van der Waals surface area contributed by atoms with Crippen molar-refractivity contribution in [2.24, 2.45) is 0 Å². The van der Waals surface area contributed by atoms with E-state index in [-0.39, 0.29) is 18.9 Å². The molecule has 2 amide bonds. The van der Waals surface area contributed by atoms with Crippen molar-refractivity contribution in [2.45, 2.75) is 13.3 Å². The molecule has 0 saturated carbocycles. The van der Waals surface area contributed by atoms with Crippen LogP contribution in [0.5, 0.6) is 17.2 Å². The molecule has 8 nitrogen and oxygen atoms in total. The first-order chi connectivity index (χ1) is 14.3. The minimum Gasteiger partial charge on any atom is -0.497 e. The molecule has 0 unspecified atom stereocenters. The van der Waals surface area contributed by atoms with Crippen molar-refractivity contribution >= 4 is 33.4 Å². The summed E-state index contributed by atoms with van der Waals surface area (Å²) in [7, 11) is 3.04.